The summed E-state index contributed by atoms with van der Waals surface area (Å²) in [6, 6.07) is 13.4. The number of hydrogen-bond donors (Lipinski definition) is 0. The maximum atomic E-state index is 12.8. The molecule has 0 N–H and O–H groups in total. The Bertz CT molecular complexity index is 889. The van der Waals surface area contributed by atoms with Crippen molar-refractivity contribution in [1.82, 2.24) is 9.55 Å². The fourth-order valence-electron chi connectivity index (χ4n) is 2.63. The maximum absolute atomic E-state index is 12.8. The number of carbonyl (C=O) groups is 1. The van der Waals surface area contributed by atoms with Gasteiger partial charge in [-0.2, -0.15) is 0 Å². The van der Waals surface area contributed by atoms with Gasteiger partial charge in [0.15, 0.2) is 0 Å². The molecule has 2 heterocycles. The minimum Gasteiger partial charge on any atom is -0.494 e. The predicted molar refractivity (Wildman–Crippen MR) is 98.0 cm³/mol. The molecule has 130 valence electrons. The standard InChI is InChI=1S/C20H22N2O3/c1-5-24-16-10-8-14(9-11-16)17-13-15-7-6-12-21-18(15)22(17)19(23)25-20(2,3)4/h6-13H,5H2,1-4H3. The number of rotatable bonds is 3. The lowest BCUT2D eigenvalue weighted by atomic mass is 10.1. The van der Waals surface area contributed by atoms with Gasteiger partial charge in [-0.1, -0.05) is 0 Å². The summed E-state index contributed by atoms with van der Waals surface area (Å²) >= 11 is 0. The summed E-state index contributed by atoms with van der Waals surface area (Å²) in [5.41, 5.74) is 1.64. The molecule has 0 aliphatic rings. The Morgan fingerprint density at radius 2 is 1.88 bits per heavy atom. The van der Waals surface area contributed by atoms with Crippen LogP contribution in [0, 0.1) is 0 Å². The Morgan fingerprint density at radius 3 is 2.52 bits per heavy atom. The van der Waals surface area contributed by atoms with E-state index in [-0.39, 0.29) is 0 Å². The smallest absolute Gasteiger partial charge is 0.420 e. The summed E-state index contributed by atoms with van der Waals surface area (Å²) < 4.78 is 12.6. The zero-order chi connectivity index (χ0) is 18.0. The molecule has 0 aliphatic heterocycles. The van der Waals surface area contributed by atoms with E-state index in [9.17, 15) is 4.79 Å². The first kappa shape index (κ1) is 17.0. The van der Waals surface area contributed by atoms with E-state index in [2.05, 4.69) is 4.98 Å². The topological polar surface area (TPSA) is 53.4 Å². The molecule has 5 nitrogen and oxygen atoms in total. The molecule has 5 heteroatoms. The van der Waals surface area contributed by atoms with Gasteiger partial charge >= 0.3 is 6.09 Å². The highest BCUT2D eigenvalue weighted by Crippen LogP contribution is 2.29. The Labute approximate surface area is 147 Å². The zero-order valence-electron chi connectivity index (χ0n) is 14.9. The van der Waals surface area contributed by atoms with Crippen LogP contribution in [0.3, 0.4) is 0 Å². The fourth-order valence-corrected chi connectivity index (χ4v) is 2.63. The summed E-state index contributed by atoms with van der Waals surface area (Å²) in [4.78, 5) is 17.1. The van der Waals surface area contributed by atoms with Crippen LogP contribution in [0.25, 0.3) is 22.3 Å². The third kappa shape index (κ3) is 3.65. The van der Waals surface area contributed by atoms with E-state index in [0.717, 1.165) is 22.4 Å². The number of pyridine rings is 1. The predicted octanol–water partition coefficient (Wildman–Crippen LogP) is 4.89. The number of nitrogens with zero attached hydrogens (tertiary/aromatic N) is 2. The number of ether oxygens (including phenoxy) is 2. The minimum absolute atomic E-state index is 0.440. The molecule has 25 heavy (non-hydrogen) atoms. The van der Waals surface area contributed by atoms with Crippen molar-refractivity contribution >= 4 is 17.1 Å². The second-order valence-corrected chi connectivity index (χ2v) is 6.72. The molecule has 3 aromatic rings. The van der Waals surface area contributed by atoms with Crippen molar-refractivity contribution in [2.75, 3.05) is 6.61 Å². The van der Waals surface area contributed by atoms with Crippen molar-refractivity contribution < 1.29 is 14.3 Å². The number of hydrogen-bond acceptors (Lipinski definition) is 4. The first-order valence-electron chi connectivity index (χ1n) is 8.32. The second kappa shape index (κ2) is 6.59. The van der Waals surface area contributed by atoms with Crippen LogP contribution < -0.4 is 4.74 Å². The van der Waals surface area contributed by atoms with Crippen molar-refractivity contribution in [3.05, 3.63) is 48.7 Å². The number of benzene rings is 1. The fraction of sp³-hybridized carbons (Fsp3) is 0.300. The van der Waals surface area contributed by atoms with Gasteiger partial charge in [0.05, 0.1) is 12.3 Å². The highest BCUT2D eigenvalue weighted by Gasteiger charge is 2.23. The lowest BCUT2D eigenvalue weighted by Gasteiger charge is -2.20. The molecule has 0 fully saturated rings. The van der Waals surface area contributed by atoms with E-state index >= 15 is 0 Å². The molecule has 0 saturated heterocycles. The Morgan fingerprint density at radius 1 is 1.16 bits per heavy atom. The Hall–Kier alpha value is -2.82. The largest absolute Gasteiger partial charge is 0.494 e. The van der Waals surface area contributed by atoms with Gasteiger partial charge in [-0.25, -0.2) is 14.3 Å². The van der Waals surface area contributed by atoms with Crippen LogP contribution in [0.2, 0.25) is 0 Å². The molecule has 1 aromatic carbocycles. The maximum Gasteiger partial charge on any atom is 0.420 e. The van der Waals surface area contributed by atoms with Crippen LogP contribution in [0.15, 0.2) is 48.7 Å². The number of carbonyl (C=O) groups excluding carboxylic acids is 1. The monoisotopic (exact) mass is 338 g/mol. The van der Waals surface area contributed by atoms with Gasteiger partial charge in [0, 0.05) is 11.6 Å². The van der Waals surface area contributed by atoms with E-state index in [4.69, 9.17) is 9.47 Å². The molecule has 0 unspecified atom stereocenters. The summed E-state index contributed by atoms with van der Waals surface area (Å²) in [6.45, 7) is 8.10. The summed E-state index contributed by atoms with van der Waals surface area (Å²) in [6.07, 6.45) is 1.23. The molecule has 0 bridgehead atoms. The molecule has 0 saturated carbocycles. The normalized spacial score (nSPS) is 11.5. The average molecular weight is 338 g/mol. The van der Waals surface area contributed by atoms with Crippen LogP contribution >= 0.6 is 0 Å². The van der Waals surface area contributed by atoms with Crippen LogP contribution in [0.1, 0.15) is 27.7 Å². The number of fused-ring (bicyclic) bond motifs is 1. The van der Waals surface area contributed by atoms with E-state index in [1.165, 1.54) is 4.57 Å². The lowest BCUT2D eigenvalue weighted by molar-refractivity contribution is 0.0546. The first-order chi connectivity index (χ1) is 11.9. The van der Waals surface area contributed by atoms with Crippen molar-refractivity contribution in [1.29, 1.82) is 0 Å². The van der Waals surface area contributed by atoms with Gasteiger partial charge in [0.25, 0.3) is 0 Å². The van der Waals surface area contributed by atoms with Crippen LogP contribution in [-0.2, 0) is 4.74 Å². The van der Waals surface area contributed by atoms with E-state index in [0.29, 0.717) is 12.3 Å². The van der Waals surface area contributed by atoms with Crippen molar-refractivity contribution in [2.24, 2.45) is 0 Å². The first-order valence-corrected chi connectivity index (χ1v) is 8.32. The summed E-state index contributed by atoms with van der Waals surface area (Å²) in [5, 5.41) is 0.886. The number of aromatic nitrogens is 2. The van der Waals surface area contributed by atoms with Gasteiger partial charge < -0.3 is 9.47 Å². The quantitative estimate of drug-likeness (QED) is 0.682. The molecule has 0 amide bonds. The Balaban J connectivity index is 2.11. The highest BCUT2D eigenvalue weighted by atomic mass is 16.6. The van der Waals surface area contributed by atoms with Crippen molar-refractivity contribution in [2.45, 2.75) is 33.3 Å². The Kier molecular flexibility index (Phi) is 4.49. The van der Waals surface area contributed by atoms with Gasteiger partial charge in [-0.15, -0.1) is 0 Å². The zero-order valence-corrected chi connectivity index (χ0v) is 14.9. The molecule has 0 aliphatic carbocycles. The lowest BCUT2D eigenvalue weighted by Crippen LogP contribution is -2.27. The van der Waals surface area contributed by atoms with E-state index in [1.807, 2.05) is 70.2 Å². The van der Waals surface area contributed by atoms with Gasteiger partial charge in [0.1, 0.15) is 17.0 Å². The van der Waals surface area contributed by atoms with Crippen LogP contribution in [0.4, 0.5) is 4.79 Å². The average Bonchev–Trinajstić information content (AvgIpc) is 2.94. The van der Waals surface area contributed by atoms with Gasteiger partial charge in [-0.05, 0) is 75.7 Å². The van der Waals surface area contributed by atoms with Crippen LogP contribution in [0.5, 0.6) is 5.75 Å². The highest BCUT2D eigenvalue weighted by molar-refractivity contribution is 5.94. The minimum atomic E-state index is -0.585. The molecule has 2 aromatic heterocycles. The van der Waals surface area contributed by atoms with Crippen molar-refractivity contribution in [3.63, 3.8) is 0 Å². The van der Waals surface area contributed by atoms with Gasteiger partial charge in [0.2, 0.25) is 0 Å². The SMILES string of the molecule is CCOc1ccc(-c2cc3cccnc3n2C(=O)OC(C)(C)C)cc1. The molecule has 0 radical (unpaired) electrons. The van der Waals surface area contributed by atoms with Crippen molar-refractivity contribution in [3.8, 4) is 17.0 Å². The summed E-state index contributed by atoms with van der Waals surface area (Å²) in [7, 11) is 0. The molecule has 0 spiro atoms. The van der Waals surface area contributed by atoms with E-state index < -0.39 is 11.7 Å². The molecular weight excluding hydrogens is 316 g/mol. The van der Waals surface area contributed by atoms with Crippen LogP contribution in [-0.4, -0.2) is 27.9 Å². The third-order valence-electron chi connectivity index (χ3n) is 3.60. The second-order valence-electron chi connectivity index (χ2n) is 6.72. The molecular formula is C20H22N2O3. The summed E-state index contributed by atoms with van der Waals surface area (Å²) in [5.74, 6) is 0.796. The van der Waals surface area contributed by atoms with Gasteiger partial charge in [-0.3, -0.25) is 0 Å². The molecule has 3 rings (SSSR count). The molecule has 0 atom stereocenters. The third-order valence-corrected chi connectivity index (χ3v) is 3.60. The van der Waals surface area contributed by atoms with E-state index in [1.54, 1.807) is 6.20 Å².